The first-order valence-electron chi connectivity index (χ1n) is 6.21. The van der Waals surface area contributed by atoms with Crippen molar-refractivity contribution in [3.8, 4) is 0 Å². The number of aromatic nitrogens is 1. The lowest BCUT2D eigenvalue weighted by atomic mass is 10.1. The van der Waals surface area contributed by atoms with Crippen LogP contribution in [0.3, 0.4) is 0 Å². The lowest BCUT2D eigenvalue weighted by molar-refractivity contribution is -0.120. The molecule has 0 aliphatic heterocycles. The highest BCUT2D eigenvalue weighted by Crippen LogP contribution is 2.26. The van der Waals surface area contributed by atoms with Gasteiger partial charge in [0.15, 0.2) is 0 Å². The predicted molar refractivity (Wildman–Crippen MR) is 77.3 cm³/mol. The summed E-state index contributed by atoms with van der Waals surface area (Å²) in [4.78, 5) is 26.0. The average molecular weight is 295 g/mol. The number of benzene rings is 1. The fourth-order valence-corrected chi connectivity index (χ4v) is 2.29. The molecule has 1 heterocycles. The molecular formula is C14H15ClN2O3. The first kappa shape index (κ1) is 14.4. The zero-order chi connectivity index (χ0) is 14.9. The SMILES string of the molecule is CC(C)NC(=O)Cc1c(C(=O)O)[nH]c2ccc(Cl)cc12. The molecule has 0 saturated heterocycles. The van der Waals surface area contributed by atoms with Crippen molar-refractivity contribution in [1.82, 2.24) is 10.3 Å². The molecule has 1 aromatic carbocycles. The monoisotopic (exact) mass is 294 g/mol. The Hall–Kier alpha value is -2.01. The number of aromatic amines is 1. The minimum Gasteiger partial charge on any atom is -0.477 e. The molecule has 0 unspecified atom stereocenters. The summed E-state index contributed by atoms with van der Waals surface area (Å²) in [5, 5.41) is 13.1. The van der Waals surface area contributed by atoms with Crippen molar-refractivity contribution in [2.45, 2.75) is 26.3 Å². The molecular weight excluding hydrogens is 280 g/mol. The topological polar surface area (TPSA) is 82.2 Å². The summed E-state index contributed by atoms with van der Waals surface area (Å²) in [6.45, 7) is 3.70. The molecule has 0 radical (unpaired) electrons. The summed E-state index contributed by atoms with van der Waals surface area (Å²) < 4.78 is 0. The quantitative estimate of drug-likeness (QED) is 0.810. The third kappa shape index (κ3) is 2.93. The Bertz CT molecular complexity index is 676. The Balaban J connectivity index is 2.48. The van der Waals surface area contributed by atoms with Gasteiger partial charge in [0, 0.05) is 27.5 Å². The number of nitrogens with one attached hydrogen (secondary N) is 2. The molecule has 6 heteroatoms. The van der Waals surface area contributed by atoms with Gasteiger partial charge in [-0.2, -0.15) is 0 Å². The van der Waals surface area contributed by atoms with Crippen LogP contribution in [0.2, 0.25) is 5.02 Å². The van der Waals surface area contributed by atoms with Gasteiger partial charge in [-0.1, -0.05) is 11.6 Å². The van der Waals surface area contributed by atoms with Crippen molar-refractivity contribution < 1.29 is 14.7 Å². The molecule has 0 saturated carbocycles. The van der Waals surface area contributed by atoms with Crippen LogP contribution < -0.4 is 5.32 Å². The van der Waals surface area contributed by atoms with Crippen LogP contribution in [0.15, 0.2) is 18.2 Å². The summed E-state index contributed by atoms with van der Waals surface area (Å²) in [5.41, 5.74) is 1.13. The van der Waals surface area contributed by atoms with E-state index in [1.807, 2.05) is 13.8 Å². The Morgan fingerprint density at radius 3 is 2.70 bits per heavy atom. The number of carbonyl (C=O) groups excluding carboxylic acids is 1. The standard InChI is InChI=1S/C14H15ClN2O3/c1-7(2)16-12(18)6-10-9-5-8(15)3-4-11(9)17-13(10)14(19)20/h3-5,7,17H,6H2,1-2H3,(H,16,18)(H,19,20). The number of H-pyrrole nitrogens is 1. The number of amides is 1. The van der Waals surface area contributed by atoms with Crippen molar-refractivity contribution in [1.29, 1.82) is 0 Å². The maximum absolute atomic E-state index is 11.9. The van der Waals surface area contributed by atoms with E-state index in [0.717, 1.165) is 0 Å². The highest BCUT2D eigenvalue weighted by molar-refractivity contribution is 6.31. The van der Waals surface area contributed by atoms with Crippen LogP contribution in [0, 0.1) is 0 Å². The summed E-state index contributed by atoms with van der Waals surface area (Å²) in [6.07, 6.45) is 0.000154. The van der Waals surface area contributed by atoms with E-state index < -0.39 is 5.97 Å². The van der Waals surface area contributed by atoms with Gasteiger partial charge in [0.2, 0.25) is 5.91 Å². The Kier molecular flexibility index (Phi) is 3.99. The second-order valence-corrected chi connectivity index (χ2v) is 5.31. The number of aromatic carboxylic acids is 1. The number of hydrogen-bond donors (Lipinski definition) is 3. The molecule has 0 aliphatic carbocycles. The minimum atomic E-state index is -1.09. The van der Waals surface area contributed by atoms with Gasteiger partial charge in [0.25, 0.3) is 0 Å². The van der Waals surface area contributed by atoms with E-state index in [1.54, 1.807) is 18.2 Å². The van der Waals surface area contributed by atoms with Crippen molar-refractivity contribution in [3.63, 3.8) is 0 Å². The lowest BCUT2D eigenvalue weighted by Crippen LogP contribution is -2.31. The number of carbonyl (C=O) groups is 2. The molecule has 2 rings (SSSR count). The molecule has 1 aromatic heterocycles. The molecule has 0 atom stereocenters. The van der Waals surface area contributed by atoms with Gasteiger partial charge in [-0.15, -0.1) is 0 Å². The third-order valence-corrected chi connectivity index (χ3v) is 3.10. The van der Waals surface area contributed by atoms with E-state index in [4.69, 9.17) is 11.6 Å². The van der Waals surface area contributed by atoms with Gasteiger partial charge >= 0.3 is 5.97 Å². The van der Waals surface area contributed by atoms with Crippen LogP contribution in [0.5, 0.6) is 0 Å². The van der Waals surface area contributed by atoms with Crippen molar-refractivity contribution in [2.75, 3.05) is 0 Å². The van der Waals surface area contributed by atoms with E-state index in [0.29, 0.717) is 21.5 Å². The Morgan fingerprint density at radius 1 is 1.40 bits per heavy atom. The first-order chi connectivity index (χ1) is 9.38. The number of halogens is 1. The van der Waals surface area contributed by atoms with Crippen LogP contribution >= 0.6 is 11.6 Å². The van der Waals surface area contributed by atoms with Crippen LogP contribution in [0.25, 0.3) is 10.9 Å². The normalized spacial score (nSPS) is 11.0. The zero-order valence-corrected chi connectivity index (χ0v) is 11.9. The zero-order valence-electron chi connectivity index (χ0n) is 11.2. The van der Waals surface area contributed by atoms with Crippen molar-refractivity contribution >= 4 is 34.4 Å². The molecule has 3 N–H and O–H groups in total. The van der Waals surface area contributed by atoms with Crippen molar-refractivity contribution in [3.05, 3.63) is 34.5 Å². The average Bonchev–Trinajstić information content (AvgIpc) is 2.67. The number of rotatable bonds is 4. The Morgan fingerprint density at radius 2 is 2.10 bits per heavy atom. The highest BCUT2D eigenvalue weighted by atomic mass is 35.5. The van der Waals surface area contributed by atoms with Crippen molar-refractivity contribution in [2.24, 2.45) is 0 Å². The lowest BCUT2D eigenvalue weighted by Gasteiger charge is -2.08. The van der Waals surface area contributed by atoms with E-state index in [1.165, 1.54) is 0 Å². The second kappa shape index (κ2) is 5.54. The fourth-order valence-electron chi connectivity index (χ4n) is 2.12. The summed E-state index contributed by atoms with van der Waals surface area (Å²) in [5.74, 6) is -1.31. The third-order valence-electron chi connectivity index (χ3n) is 2.87. The number of fused-ring (bicyclic) bond motifs is 1. The predicted octanol–water partition coefficient (Wildman–Crippen LogP) is 2.59. The van der Waals surface area contributed by atoms with Crippen LogP contribution in [0.1, 0.15) is 29.9 Å². The smallest absolute Gasteiger partial charge is 0.352 e. The molecule has 0 bridgehead atoms. The fraction of sp³-hybridized carbons (Fsp3) is 0.286. The first-order valence-corrected chi connectivity index (χ1v) is 6.59. The highest BCUT2D eigenvalue weighted by Gasteiger charge is 2.19. The molecule has 2 aromatic rings. The van der Waals surface area contributed by atoms with E-state index >= 15 is 0 Å². The largest absolute Gasteiger partial charge is 0.477 e. The van der Waals surface area contributed by atoms with Crippen LogP contribution in [0.4, 0.5) is 0 Å². The molecule has 5 nitrogen and oxygen atoms in total. The molecule has 0 aliphatic rings. The minimum absolute atomic E-state index is 0.000154. The van der Waals surface area contributed by atoms with E-state index in [9.17, 15) is 14.7 Å². The number of carboxylic acids is 1. The summed E-state index contributed by atoms with van der Waals surface area (Å²) in [7, 11) is 0. The van der Waals surface area contributed by atoms with Gasteiger partial charge in [-0.3, -0.25) is 4.79 Å². The Labute approximate surface area is 120 Å². The van der Waals surface area contributed by atoms with Gasteiger partial charge in [0.05, 0.1) is 6.42 Å². The summed E-state index contributed by atoms with van der Waals surface area (Å²) >= 11 is 5.94. The van der Waals surface area contributed by atoms with Gasteiger partial charge in [0.1, 0.15) is 5.69 Å². The molecule has 0 spiro atoms. The summed E-state index contributed by atoms with van der Waals surface area (Å²) in [6, 6.07) is 5.04. The maximum atomic E-state index is 11.9. The van der Waals surface area contributed by atoms with Gasteiger partial charge in [-0.05, 0) is 32.0 Å². The number of carboxylic acid groups (broad SMARTS) is 1. The molecule has 20 heavy (non-hydrogen) atoms. The van der Waals surface area contributed by atoms with Crippen LogP contribution in [-0.4, -0.2) is 28.0 Å². The van der Waals surface area contributed by atoms with Gasteiger partial charge < -0.3 is 15.4 Å². The van der Waals surface area contributed by atoms with E-state index in [-0.39, 0.29) is 24.1 Å². The van der Waals surface area contributed by atoms with Gasteiger partial charge in [-0.25, -0.2) is 4.79 Å². The second-order valence-electron chi connectivity index (χ2n) is 4.87. The number of hydrogen-bond acceptors (Lipinski definition) is 2. The molecule has 0 fully saturated rings. The van der Waals surface area contributed by atoms with E-state index in [2.05, 4.69) is 10.3 Å². The molecule has 1 amide bonds. The maximum Gasteiger partial charge on any atom is 0.352 e. The van der Waals surface area contributed by atoms with Crippen LogP contribution in [-0.2, 0) is 11.2 Å². The molecule has 106 valence electrons.